The second-order valence-electron chi connectivity index (χ2n) is 5.84. The Morgan fingerprint density at radius 3 is 2.67 bits per heavy atom. The summed E-state index contributed by atoms with van der Waals surface area (Å²) < 4.78 is 32.3. The van der Waals surface area contributed by atoms with Crippen LogP contribution < -0.4 is 15.4 Å². The van der Waals surface area contributed by atoms with Crippen LogP contribution in [0.3, 0.4) is 0 Å². The Kier molecular flexibility index (Phi) is 7.85. The Bertz CT molecular complexity index is 782. The van der Waals surface area contributed by atoms with Crippen LogP contribution in [-0.4, -0.2) is 30.8 Å². The lowest BCUT2D eigenvalue weighted by Gasteiger charge is -2.12. The van der Waals surface area contributed by atoms with Crippen LogP contribution in [0.15, 0.2) is 41.4 Å². The van der Waals surface area contributed by atoms with Crippen molar-refractivity contribution < 1.29 is 18.6 Å². The van der Waals surface area contributed by atoms with Gasteiger partial charge in [0.2, 0.25) is 0 Å². The summed E-state index contributed by atoms with van der Waals surface area (Å²) in [5, 5.41) is 16.0. The monoisotopic (exact) mass is 377 g/mol. The molecule has 3 N–H and O–H groups in total. The first-order valence-electron chi connectivity index (χ1n) is 8.94. The highest BCUT2D eigenvalue weighted by atomic mass is 19.1. The second-order valence-corrected chi connectivity index (χ2v) is 5.84. The molecule has 2 rings (SSSR count). The fourth-order valence-corrected chi connectivity index (χ4v) is 2.49. The largest absolute Gasteiger partial charge is 0.504 e. The van der Waals surface area contributed by atoms with Gasteiger partial charge in [0.25, 0.3) is 0 Å². The van der Waals surface area contributed by atoms with E-state index >= 15 is 0 Å². The molecule has 0 unspecified atom stereocenters. The number of benzene rings is 2. The van der Waals surface area contributed by atoms with Crippen molar-refractivity contribution in [3.63, 3.8) is 0 Å². The van der Waals surface area contributed by atoms with Crippen LogP contribution in [0.2, 0.25) is 0 Å². The van der Waals surface area contributed by atoms with Gasteiger partial charge in [0.05, 0.1) is 13.2 Å². The van der Waals surface area contributed by atoms with Gasteiger partial charge in [-0.2, -0.15) is 0 Å². The molecule has 2 aromatic rings. The van der Waals surface area contributed by atoms with E-state index in [0.717, 1.165) is 17.7 Å². The molecule has 0 bridgehead atoms. The molecule has 5 nitrogen and oxygen atoms in total. The van der Waals surface area contributed by atoms with Crippen LogP contribution in [0.25, 0.3) is 0 Å². The molecule has 0 aliphatic heterocycles. The predicted octanol–water partition coefficient (Wildman–Crippen LogP) is 3.37. The number of halogens is 2. The maximum Gasteiger partial charge on any atom is 0.191 e. The van der Waals surface area contributed by atoms with E-state index in [1.165, 1.54) is 6.07 Å². The van der Waals surface area contributed by atoms with E-state index in [1.54, 1.807) is 18.2 Å². The summed E-state index contributed by atoms with van der Waals surface area (Å²) in [4.78, 5) is 4.48. The first-order valence-corrected chi connectivity index (χ1v) is 8.94. The zero-order chi connectivity index (χ0) is 19.6. The van der Waals surface area contributed by atoms with Gasteiger partial charge in [-0.1, -0.05) is 6.07 Å². The molecule has 0 heterocycles. The summed E-state index contributed by atoms with van der Waals surface area (Å²) in [7, 11) is 0. The summed E-state index contributed by atoms with van der Waals surface area (Å²) in [6, 6.07) is 8.52. The van der Waals surface area contributed by atoms with Crippen LogP contribution >= 0.6 is 0 Å². The number of hydrogen-bond donors (Lipinski definition) is 3. The van der Waals surface area contributed by atoms with Crippen LogP contribution in [0.1, 0.15) is 25.0 Å². The molecule has 0 saturated heterocycles. The van der Waals surface area contributed by atoms with Crippen molar-refractivity contribution >= 4 is 5.96 Å². The summed E-state index contributed by atoms with van der Waals surface area (Å²) >= 11 is 0. The van der Waals surface area contributed by atoms with Gasteiger partial charge in [-0.15, -0.1) is 0 Å². The van der Waals surface area contributed by atoms with E-state index in [4.69, 9.17) is 4.74 Å². The van der Waals surface area contributed by atoms with Crippen LogP contribution in [0, 0.1) is 11.6 Å². The third-order valence-corrected chi connectivity index (χ3v) is 3.78. The molecule has 0 spiro atoms. The molecule has 7 heteroatoms. The van der Waals surface area contributed by atoms with Crippen LogP contribution in [0.5, 0.6) is 11.5 Å². The van der Waals surface area contributed by atoms with E-state index in [9.17, 15) is 13.9 Å². The lowest BCUT2D eigenvalue weighted by atomic mass is 10.1. The number of guanidine groups is 1. The molecule has 0 radical (unpaired) electrons. The maximum absolute atomic E-state index is 13.7. The quantitative estimate of drug-likeness (QED) is 0.488. The summed E-state index contributed by atoms with van der Waals surface area (Å²) in [6.45, 7) is 5.70. The third kappa shape index (κ3) is 6.44. The fraction of sp³-hybridized carbons (Fsp3) is 0.350. The lowest BCUT2D eigenvalue weighted by molar-refractivity contribution is 0.318. The average Bonchev–Trinajstić information content (AvgIpc) is 2.65. The number of nitrogens with one attached hydrogen (secondary N) is 2. The van der Waals surface area contributed by atoms with Crippen molar-refractivity contribution in [1.29, 1.82) is 0 Å². The number of aliphatic imine (C=N–C) groups is 1. The molecular formula is C20H25F2N3O2. The number of rotatable bonds is 8. The number of phenolic OH excluding ortho intramolecular Hbond substituents is 1. The van der Waals surface area contributed by atoms with E-state index in [1.807, 2.05) is 13.8 Å². The van der Waals surface area contributed by atoms with Crippen molar-refractivity contribution in [2.45, 2.75) is 26.8 Å². The van der Waals surface area contributed by atoms with Crippen LogP contribution in [-0.2, 0) is 13.0 Å². The van der Waals surface area contributed by atoms with Gasteiger partial charge in [0.15, 0.2) is 17.5 Å². The first kappa shape index (κ1) is 20.5. The molecule has 146 valence electrons. The molecular weight excluding hydrogens is 352 g/mol. The summed E-state index contributed by atoms with van der Waals surface area (Å²) in [6.07, 6.45) is 0.335. The van der Waals surface area contributed by atoms with Gasteiger partial charge in [-0.05, 0) is 61.7 Å². The third-order valence-electron chi connectivity index (χ3n) is 3.78. The van der Waals surface area contributed by atoms with Gasteiger partial charge in [0.1, 0.15) is 11.6 Å². The number of aromatic hydroxyl groups is 1. The van der Waals surface area contributed by atoms with E-state index in [0.29, 0.717) is 49.9 Å². The molecule has 0 amide bonds. The minimum absolute atomic E-state index is 0.0896. The first-order chi connectivity index (χ1) is 13.0. The van der Waals surface area contributed by atoms with E-state index in [-0.39, 0.29) is 5.75 Å². The maximum atomic E-state index is 13.7. The molecule has 0 aromatic heterocycles. The standard InChI is InChI=1S/C20H25F2N3O2/c1-3-23-20(24-10-9-15-12-16(21)6-7-17(15)22)25-13-14-5-8-18(26)19(11-14)27-4-2/h5-8,11-12,26H,3-4,9-10,13H2,1-2H3,(H2,23,24,25). The van der Waals surface area contributed by atoms with Crippen molar-refractivity contribution in [2.75, 3.05) is 19.7 Å². The van der Waals surface area contributed by atoms with Gasteiger partial charge < -0.3 is 20.5 Å². The molecule has 27 heavy (non-hydrogen) atoms. The molecule has 0 saturated carbocycles. The second kappa shape index (κ2) is 10.4. The Hall–Kier alpha value is -2.83. The SMILES string of the molecule is CCNC(=NCc1ccc(O)c(OCC)c1)NCCc1cc(F)ccc1F. The topological polar surface area (TPSA) is 65.9 Å². The van der Waals surface area contributed by atoms with Crippen molar-refractivity contribution in [3.8, 4) is 11.5 Å². The summed E-state index contributed by atoms with van der Waals surface area (Å²) in [5.74, 6) is 0.203. The summed E-state index contributed by atoms with van der Waals surface area (Å²) in [5.41, 5.74) is 1.20. The number of phenols is 1. The minimum Gasteiger partial charge on any atom is -0.504 e. The minimum atomic E-state index is -0.454. The number of nitrogens with zero attached hydrogens (tertiary/aromatic N) is 1. The smallest absolute Gasteiger partial charge is 0.191 e. The molecule has 2 aromatic carbocycles. The molecule has 0 aliphatic carbocycles. The average molecular weight is 377 g/mol. The lowest BCUT2D eigenvalue weighted by Crippen LogP contribution is -2.38. The zero-order valence-electron chi connectivity index (χ0n) is 15.6. The highest BCUT2D eigenvalue weighted by molar-refractivity contribution is 5.79. The highest BCUT2D eigenvalue weighted by Gasteiger charge is 2.06. The Morgan fingerprint density at radius 2 is 1.93 bits per heavy atom. The van der Waals surface area contributed by atoms with E-state index in [2.05, 4.69) is 15.6 Å². The molecule has 0 aliphatic rings. The van der Waals surface area contributed by atoms with Gasteiger partial charge in [-0.3, -0.25) is 0 Å². The normalized spacial score (nSPS) is 11.3. The van der Waals surface area contributed by atoms with Gasteiger partial charge >= 0.3 is 0 Å². The van der Waals surface area contributed by atoms with Gasteiger partial charge in [0, 0.05) is 13.1 Å². The zero-order valence-corrected chi connectivity index (χ0v) is 15.6. The van der Waals surface area contributed by atoms with Crippen molar-refractivity contribution in [2.24, 2.45) is 4.99 Å². The van der Waals surface area contributed by atoms with Gasteiger partial charge in [-0.25, -0.2) is 13.8 Å². The molecule has 0 atom stereocenters. The predicted molar refractivity (Wildman–Crippen MR) is 102 cm³/mol. The molecule has 0 fully saturated rings. The highest BCUT2D eigenvalue weighted by Crippen LogP contribution is 2.27. The van der Waals surface area contributed by atoms with Crippen molar-refractivity contribution in [1.82, 2.24) is 10.6 Å². The fourth-order valence-electron chi connectivity index (χ4n) is 2.49. The van der Waals surface area contributed by atoms with Crippen LogP contribution in [0.4, 0.5) is 8.78 Å². The Labute approximate surface area is 158 Å². The van der Waals surface area contributed by atoms with E-state index < -0.39 is 11.6 Å². The number of hydrogen-bond acceptors (Lipinski definition) is 3. The Balaban J connectivity index is 1.97. The Morgan fingerprint density at radius 1 is 1.11 bits per heavy atom. The van der Waals surface area contributed by atoms with Crippen molar-refractivity contribution in [3.05, 3.63) is 59.2 Å². The number of ether oxygens (including phenoxy) is 1.